The molecule has 0 saturated carbocycles. The molecule has 1 aromatic heterocycles. The maximum absolute atomic E-state index is 6.05. The van der Waals surface area contributed by atoms with E-state index < -0.39 is 0 Å². The number of aryl methyl sites for hydroxylation is 2. The Hall–Kier alpha value is -2.56. The number of benzene rings is 1. The lowest BCUT2D eigenvalue weighted by molar-refractivity contribution is 0.287. The molecule has 0 radical (unpaired) electrons. The number of ether oxygens (including phenoxy) is 1. The standard InChI is InChI=1S/C21H28N4O/c1-6-8-13(2)19-15(4)17(12-16-9-7-10-26-20(16)19)24-21-23-14(3)11-18(22-5)25-21/h8,11-12H,6-7,9-10H2,1-5H3,(H2,22,23,24,25)/b13-8+. The summed E-state index contributed by atoms with van der Waals surface area (Å²) in [6, 6.07) is 4.12. The highest BCUT2D eigenvalue weighted by Crippen LogP contribution is 2.40. The van der Waals surface area contributed by atoms with Crippen LogP contribution in [0.25, 0.3) is 5.57 Å². The van der Waals surface area contributed by atoms with Crippen LogP contribution in [0.1, 0.15) is 49.1 Å². The van der Waals surface area contributed by atoms with Crippen molar-refractivity contribution in [2.75, 3.05) is 24.3 Å². The average Bonchev–Trinajstić information content (AvgIpc) is 2.62. The first kappa shape index (κ1) is 18.2. The average molecular weight is 352 g/mol. The van der Waals surface area contributed by atoms with Gasteiger partial charge in [0.2, 0.25) is 5.95 Å². The molecule has 0 amide bonds. The van der Waals surface area contributed by atoms with Gasteiger partial charge in [-0.25, -0.2) is 4.98 Å². The molecular formula is C21H28N4O. The van der Waals surface area contributed by atoms with Gasteiger partial charge >= 0.3 is 0 Å². The summed E-state index contributed by atoms with van der Waals surface area (Å²) in [6.07, 6.45) is 5.35. The highest BCUT2D eigenvalue weighted by molar-refractivity contribution is 5.79. The lowest BCUT2D eigenvalue weighted by Crippen LogP contribution is -2.13. The molecule has 1 aliphatic heterocycles. The van der Waals surface area contributed by atoms with Gasteiger partial charge < -0.3 is 15.4 Å². The van der Waals surface area contributed by atoms with Crippen LogP contribution in [0.2, 0.25) is 0 Å². The Morgan fingerprint density at radius 3 is 2.81 bits per heavy atom. The molecule has 5 heteroatoms. The van der Waals surface area contributed by atoms with Crippen LogP contribution in [0, 0.1) is 13.8 Å². The number of aromatic nitrogens is 2. The van der Waals surface area contributed by atoms with Gasteiger partial charge in [0.15, 0.2) is 0 Å². The van der Waals surface area contributed by atoms with Gasteiger partial charge in [-0.05, 0) is 62.8 Å². The maximum atomic E-state index is 6.05. The Balaban J connectivity index is 2.09. The molecule has 2 heterocycles. The molecule has 0 aliphatic carbocycles. The minimum Gasteiger partial charge on any atom is -0.493 e. The zero-order chi connectivity index (χ0) is 18.7. The van der Waals surface area contributed by atoms with Crippen molar-refractivity contribution in [2.24, 2.45) is 0 Å². The summed E-state index contributed by atoms with van der Waals surface area (Å²) in [6.45, 7) is 9.22. The molecule has 1 aliphatic rings. The summed E-state index contributed by atoms with van der Waals surface area (Å²) >= 11 is 0. The van der Waals surface area contributed by atoms with E-state index in [2.05, 4.69) is 53.5 Å². The van der Waals surface area contributed by atoms with Crippen molar-refractivity contribution in [1.29, 1.82) is 0 Å². The minimum atomic E-state index is 0.609. The van der Waals surface area contributed by atoms with Crippen molar-refractivity contribution in [3.63, 3.8) is 0 Å². The Kier molecular flexibility index (Phi) is 5.45. The molecule has 1 aromatic carbocycles. The summed E-state index contributed by atoms with van der Waals surface area (Å²) in [4.78, 5) is 9.07. The second-order valence-corrected chi connectivity index (χ2v) is 6.75. The van der Waals surface area contributed by atoms with Crippen molar-refractivity contribution < 1.29 is 4.74 Å². The van der Waals surface area contributed by atoms with Crippen LogP contribution < -0.4 is 15.4 Å². The van der Waals surface area contributed by atoms with Gasteiger partial charge in [-0.15, -0.1) is 0 Å². The van der Waals surface area contributed by atoms with Crippen LogP contribution in [-0.2, 0) is 6.42 Å². The van der Waals surface area contributed by atoms with Gasteiger partial charge in [-0.3, -0.25) is 0 Å². The third kappa shape index (κ3) is 3.66. The minimum absolute atomic E-state index is 0.609. The van der Waals surface area contributed by atoms with Crippen molar-refractivity contribution in [1.82, 2.24) is 9.97 Å². The Morgan fingerprint density at radius 1 is 1.27 bits per heavy atom. The topological polar surface area (TPSA) is 59.1 Å². The molecule has 0 fully saturated rings. The van der Waals surface area contributed by atoms with Gasteiger partial charge in [0.05, 0.1) is 6.61 Å². The largest absolute Gasteiger partial charge is 0.493 e. The SMILES string of the molecule is CC/C=C(\C)c1c(C)c(Nc2nc(C)cc(NC)n2)cc2c1OCCC2. The number of allylic oxidation sites excluding steroid dienone is 2. The van der Waals surface area contributed by atoms with Crippen LogP contribution in [0.3, 0.4) is 0 Å². The maximum Gasteiger partial charge on any atom is 0.229 e. The number of hydrogen-bond acceptors (Lipinski definition) is 5. The number of rotatable bonds is 5. The van der Waals surface area contributed by atoms with E-state index in [-0.39, 0.29) is 0 Å². The highest BCUT2D eigenvalue weighted by atomic mass is 16.5. The van der Waals surface area contributed by atoms with Crippen LogP contribution in [-0.4, -0.2) is 23.6 Å². The van der Waals surface area contributed by atoms with Gasteiger partial charge in [0, 0.05) is 30.1 Å². The molecule has 2 aromatic rings. The molecule has 0 saturated heterocycles. The van der Waals surface area contributed by atoms with E-state index >= 15 is 0 Å². The van der Waals surface area contributed by atoms with E-state index in [0.717, 1.165) is 48.8 Å². The predicted molar refractivity (Wildman–Crippen MR) is 109 cm³/mol. The highest BCUT2D eigenvalue weighted by Gasteiger charge is 2.21. The number of anilines is 3. The van der Waals surface area contributed by atoms with Crippen molar-refractivity contribution in [3.05, 3.63) is 40.6 Å². The van der Waals surface area contributed by atoms with E-state index in [4.69, 9.17) is 4.74 Å². The molecule has 26 heavy (non-hydrogen) atoms. The Bertz CT molecular complexity index is 842. The number of nitrogens with one attached hydrogen (secondary N) is 2. The smallest absolute Gasteiger partial charge is 0.229 e. The molecule has 0 bridgehead atoms. The third-order valence-corrected chi connectivity index (χ3v) is 4.71. The summed E-state index contributed by atoms with van der Waals surface area (Å²) in [5, 5.41) is 6.51. The number of fused-ring (bicyclic) bond motifs is 1. The molecule has 5 nitrogen and oxygen atoms in total. The third-order valence-electron chi connectivity index (χ3n) is 4.71. The molecule has 0 atom stereocenters. The van der Waals surface area contributed by atoms with Gasteiger partial charge in [-0.1, -0.05) is 13.0 Å². The fraction of sp³-hybridized carbons (Fsp3) is 0.429. The zero-order valence-electron chi connectivity index (χ0n) is 16.4. The fourth-order valence-electron chi connectivity index (χ4n) is 3.49. The van der Waals surface area contributed by atoms with E-state index in [9.17, 15) is 0 Å². The van der Waals surface area contributed by atoms with Crippen LogP contribution >= 0.6 is 0 Å². The first-order valence-corrected chi connectivity index (χ1v) is 9.30. The summed E-state index contributed by atoms with van der Waals surface area (Å²) in [7, 11) is 1.87. The second kappa shape index (κ2) is 7.77. The molecule has 0 spiro atoms. The molecule has 2 N–H and O–H groups in total. The predicted octanol–water partition coefficient (Wildman–Crippen LogP) is 5.02. The lowest BCUT2D eigenvalue weighted by Gasteiger charge is -2.25. The zero-order valence-corrected chi connectivity index (χ0v) is 16.4. The first-order chi connectivity index (χ1) is 12.5. The van der Waals surface area contributed by atoms with Crippen LogP contribution in [0.4, 0.5) is 17.5 Å². The van der Waals surface area contributed by atoms with Gasteiger partial charge in [-0.2, -0.15) is 4.98 Å². The van der Waals surface area contributed by atoms with Crippen molar-refractivity contribution >= 4 is 23.0 Å². The van der Waals surface area contributed by atoms with Crippen molar-refractivity contribution in [3.8, 4) is 5.75 Å². The summed E-state index contributed by atoms with van der Waals surface area (Å²) < 4.78 is 6.05. The first-order valence-electron chi connectivity index (χ1n) is 9.30. The lowest BCUT2D eigenvalue weighted by atomic mass is 9.92. The molecule has 0 unspecified atom stereocenters. The Labute approximate surface area is 155 Å². The van der Waals surface area contributed by atoms with E-state index in [1.165, 1.54) is 22.3 Å². The Morgan fingerprint density at radius 2 is 2.08 bits per heavy atom. The van der Waals surface area contributed by atoms with Crippen molar-refractivity contribution in [2.45, 2.75) is 47.0 Å². The second-order valence-electron chi connectivity index (χ2n) is 6.75. The number of hydrogen-bond donors (Lipinski definition) is 2. The summed E-state index contributed by atoms with van der Waals surface area (Å²) in [5.41, 5.74) is 6.85. The fourth-order valence-corrected chi connectivity index (χ4v) is 3.49. The summed E-state index contributed by atoms with van der Waals surface area (Å²) in [5.74, 6) is 2.46. The molecular weight excluding hydrogens is 324 g/mol. The van der Waals surface area contributed by atoms with Crippen LogP contribution in [0.5, 0.6) is 5.75 Å². The van der Waals surface area contributed by atoms with Gasteiger partial charge in [0.1, 0.15) is 11.6 Å². The van der Waals surface area contributed by atoms with E-state index in [0.29, 0.717) is 5.95 Å². The van der Waals surface area contributed by atoms with E-state index in [1.54, 1.807) is 0 Å². The molecule has 138 valence electrons. The quantitative estimate of drug-likeness (QED) is 0.791. The molecule has 3 rings (SSSR count). The van der Waals surface area contributed by atoms with E-state index in [1.807, 2.05) is 20.0 Å². The number of nitrogens with zero attached hydrogens (tertiary/aromatic N) is 2. The van der Waals surface area contributed by atoms with Gasteiger partial charge in [0.25, 0.3) is 0 Å². The monoisotopic (exact) mass is 352 g/mol. The normalized spacial score (nSPS) is 13.8. The van der Waals surface area contributed by atoms with Crippen LogP contribution in [0.15, 0.2) is 18.2 Å².